The molecule has 158 valence electrons. The van der Waals surface area contributed by atoms with Gasteiger partial charge in [-0.1, -0.05) is 24.3 Å². The largest absolute Gasteiger partial charge is 0.469 e. The highest BCUT2D eigenvalue weighted by Crippen LogP contribution is 2.62. The van der Waals surface area contributed by atoms with Crippen molar-refractivity contribution in [2.24, 2.45) is 5.92 Å². The molecule has 0 saturated carbocycles. The number of thiophene rings is 1. The van der Waals surface area contributed by atoms with Crippen molar-refractivity contribution >= 4 is 28.7 Å². The molecule has 6 heteroatoms. The number of Topliss-reactive ketones (excluding diaryl/α,β-unsaturated/α-hetero) is 1. The highest BCUT2D eigenvalue weighted by Gasteiger charge is 2.71. The zero-order valence-corrected chi connectivity index (χ0v) is 18.2. The smallest absolute Gasteiger partial charge is 0.253 e. The average molecular weight is 433 g/mol. The zero-order valence-electron chi connectivity index (χ0n) is 17.4. The van der Waals surface area contributed by atoms with E-state index in [9.17, 15) is 9.59 Å². The van der Waals surface area contributed by atoms with Crippen molar-refractivity contribution in [3.05, 3.63) is 76.4 Å². The normalized spacial score (nSPS) is 29.6. The van der Waals surface area contributed by atoms with Crippen molar-refractivity contribution in [3.63, 3.8) is 0 Å². The van der Waals surface area contributed by atoms with Crippen molar-refractivity contribution in [1.29, 1.82) is 0 Å². The van der Waals surface area contributed by atoms with Gasteiger partial charge in [0, 0.05) is 29.8 Å². The fraction of sp³-hybridized carbons (Fsp3) is 0.360. The van der Waals surface area contributed by atoms with Gasteiger partial charge in [-0.05, 0) is 56.0 Å². The minimum Gasteiger partial charge on any atom is -0.469 e. The first-order chi connectivity index (χ1) is 15.2. The summed E-state index contributed by atoms with van der Waals surface area (Å²) in [5, 5.41) is 1.93. The number of anilines is 1. The van der Waals surface area contributed by atoms with Gasteiger partial charge in [-0.25, -0.2) is 0 Å². The summed E-state index contributed by atoms with van der Waals surface area (Å²) in [6.45, 7) is 3.40. The van der Waals surface area contributed by atoms with Gasteiger partial charge in [-0.2, -0.15) is 0 Å². The number of para-hydroxylation sites is 1. The van der Waals surface area contributed by atoms with E-state index in [0.717, 1.165) is 36.4 Å². The van der Waals surface area contributed by atoms with Crippen molar-refractivity contribution < 1.29 is 14.0 Å². The molecule has 2 fully saturated rings. The third-order valence-electron chi connectivity index (χ3n) is 7.39. The fourth-order valence-electron chi connectivity index (χ4n) is 6.38. The maximum absolute atomic E-state index is 14.3. The summed E-state index contributed by atoms with van der Waals surface area (Å²) in [6.07, 6.45) is 3.66. The number of hydrogen-bond acceptors (Lipinski definition) is 5. The lowest BCUT2D eigenvalue weighted by Crippen LogP contribution is -2.54. The van der Waals surface area contributed by atoms with E-state index in [1.807, 2.05) is 59.7 Å². The standard InChI is InChI=1S/C25H24N2O3S/c1-2-26-17-9-4-3-8-16(17)25(24(26)29)22(23(28)20-12-7-15-31-20)21(19-11-6-14-30-19)18-10-5-13-27(18)25/h3-4,6-9,11-12,14-15,18,21-22H,2,5,10,13H2,1H3. The number of furan rings is 1. The Hall–Kier alpha value is -2.70. The fourth-order valence-corrected chi connectivity index (χ4v) is 7.08. The lowest BCUT2D eigenvalue weighted by molar-refractivity contribution is -0.130. The topological polar surface area (TPSA) is 53.8 Å². The maximum Gasteiger partial charge on any atom is 0.253 e. The van der Waals surface area contributed by atoms with Crippen LogP contribution in [0.5, 0.6) is 0 Å². The highest BCUT2D eigenvalue weighted by atomic mass is 32.1. The van der Waals surface area contributed by atoms with Crippen molar-refractivity contribution in [3.8, 4) is 0 Å². The summed E-state index contributed by atoms with van der Waals surface area (Å²) in [5.41, 5.74) is 0.925. The van der Waals surface area contributed by atoms with Crippen LogP contribution in [-0.2, 0) is 10.3 Å². The van der Waals surface area contributed by atoms with Gasteiger partial charge in [0.25, 0.3) is 5.91 Å². The Labute approximate surface area is 185 Å². The van der Waals surface area contributed by atoms with Gasteiger partial charge < -0.3 is 9.32 Å². The number of amides is 1. The number of nitrogens with zero attached hydrogens (tertiary/aromatic N) is 2. The second-order valence-corrected chi connectivity index (χ2v) is 9.54. The molecule has 5 nitrogen and oxygen atoms in total. The Bertz CT molecular complexity index is 1140. The molecule has 0 bridgehead atoms. The molecule has 4 atom stereocenters. The Morgan fingerprint density at radius 3 is 2.81 bits per heavy atom. The quantitative estimate of drug-likeness (QED) is 0.563. The van der Waals surface area contributed by atoms with Crippen molar-refractivity contribution in [1.82, 2.24) is 4.90 Å². The summed E-state index contributed by atoms with van der Waals surface area (Å²) in [4.78, 5) is 33.3. The second kappa shape index (κ2) is 6.90. The van der Waals surface area contributed by atoms with Crippen LogP contribution in [0.3, 0.4) is 0 Å². The Morgan fingerprint density at radius 1 is 1.19 bits per heavy atom. The summed E-state index contributed by atoms with van der Waals surface area (Å²) >= 11 is 1.45. The van der Waals surface area contributed by atoms with E-state index >= 15 is 0 Å². The number of carbonyl (C=O) groups excluding carboxylic acids is 2. The summed E-state index contributed by atoms with van der Waals surface area (Å²) in [6, 6.07) is 15.8. The van der Waals surface area contributed by atoms with Crippen LogP contribution in [0.4, 0.5) is 5.69 Å². The van der Waals surface area contributed by atoms with Crippen molar-refractivity contribution in [2.45, 2.75) is 37.3 Å². The van der Waals surface area contributed by atoms with E-state index in [0.29, 0.717) is 11.4 Å². The van der Waals surface area contributed by atoms with Gasteiger partial charge in [0.05, 0.1) is 17.1 Å². The van der Waals surface area contributed by atoms with Crippen LogP contribution >= 0.6 is 11.3 Å². The maximum atomic E-state index is 14.3. The number of carbonyl (C=O) groups is 2. The van der Waals surface area contributed by atoms with Crippen LogP contribution in [0.1, 0.15) is 46.7 Å². The Balaban J connectivity index is 1.64. The Morgan fingerprint density at radius 2 is 2.06 bits per heavy atom. The third-order valence-corrected chi connectivity index (χ3v) is 8.27. The molecule has 3 aliphatic rings. The number of fused-ring (bicyclic) bond motifs is 4. The van der Waals surface area contributed by atoms with Gasteiger partial charge in [0.2, 0.25) is 0 Å². The number of ketones is 1. The highest BCUT2D eigenvalue weighted by molar-refractivity contribution is 7.12. The van der Waals surface area contributed by atoms with Gasteiger partial charge in [0.1, 0.15) is 11.3 Å². The summed E-state index contributed by atoms with van der Waals surface area (Å²) < 4.78 is 5.90. The van der Waals surface area contributed by atoms with Crippen LogP contribution in [0.2, 0.25) is 0 Å². The lowest BCUT2D eigenvalue weighted by atomic mass is 9.71. The van der Waals surface area contributed by atoms with Gasteiger partial charge in [0.15, 0.2) is 5.78 Å². The van der Waals surface area contributed by atoms with Crippen LogP contribution in [-0.4, -0.2) is 35.7 Å². The Kier molecular flexibility index (Phi) is 4.24. The first kappa shape index (κ1) is 19.0. The molecule has 4 unspecified atom stereocenters. The molecular formula is C25H24N2O3S. The molecule has 0 N–H and O–H groups in total. The first-order valence-electron chi connectivity index (χ1n) is 11.0. The predicted molar refractivity (Wildman–Crippen MR) is 119 cm³/mol. The molecule has 3 aromatic rings. The first-order valence-corrected chi connectivity index (χ1v) is 11.9. The van der Waals surface area contributed by atoms with E-state index in [1.165, 1.54) is 11.3 Å². The number of benzene rings is 1. The van der Waals surface area contributed by atoms with Crippen molar-refractivity contribution in [2.75, 3.05) is 18.0 Å². The summed E-state index contributed by atoms with van der Waals surface area (Å²) in [5.74, 6) is 0.219. The lowest BCUT2D eigenvalue weighted by Gasteiger charge is -2.37. The van der Waals surface area contributed by atoms with E-state index in [4.69, 9.17) is 4.42 Å². The molecule has 2 aromatic heterocycles. The minimum atomic E-state index is -0.980. The third kappa shape index (κ3) is 2.35. The number of hydrogen-bond donors (Lipinski definition) is 0. The van der Waals surface area contributed by atoms with E-state index in [-0.39, 0.29) is 23.7 Å². The number of rotatable bonds is 4. The molecule has 0 radical (unpaired) electrons. The van der Waals surface area contributed by atoms with Gasteiger partial charge >= 0.3 is 0 Å². The molecular weight excluding hydrogens is 408 g/mol. The zero-order chi connectivity index (χ0) is 21.2. The molecule has 3 aliphatic heterocycles. The predicted octanol–water partition coefficient (Wildman–Crippen LogP) is 4.66. The second-order valence-electron chi connectivity index (χ2n) is 8.60. The molecule has 2 saturated heterocycles. The van der Waals surface area contributed by atoms with E-state index in [1.54, 1.807) is 6.26 Å². The average Bonchev–Trinajstić information content (AvgIpc) is 3.60. The number of likely N-dealkylation sites (N-methyl/N-ethyl adjacent to an activating group) is 1. The molecule has 6 rings (SSSR count). The molecule has 31 heavy (non-hydrogen) atoms. The van der Waals surface area contributed by atoms with E-state index < -0.39 is 11.5 Å². The molecule has 5 heterocycles. The summed E-state index contributed by atoms with van der Waals surface area (Å²) in [7, 11) is 0. The minimum absolute atomic E-state index is 0.0343. The van der Waals surface area contributed by atoms with Gasteiger partial charge in [-0.3, -0.25) is 14.5 Å². The van der Waals surface area contributed by atoms with Crippen LogP contribution < -0.4 is 4.90 Å². The monoisotopic (exact) mass is 432 g/mol. The van der Waals surface area contributed by atoms with Crippen LogP contribution in [0.25, 0.3) is 0 Å². The van der Waals surface area contributed by atoms with Crippen LogP contribution in [0.15, 0.2) is 64.6 Å². The van der Waals surface area contributed by atoms with Crippen LogP contribution in [0, 0.1) is 5.92 Å². The van der Waals surface area contributed by atoms with E-state index in [2.05, 4.69) is 11.0 Å². The molecule has 1 aromatic carbocycles. The molecule has 1 amide bonds. The van der Waals surface area contributed by atoms with Gasteiger partial charge in [-0.15, -0.1) is 11.3 Å². The molecule has 0 aliphatic carbocycles. The SMILES string of the molecule is CCN1C(=O)C2(c3ccccc31)C(C(=O)c1cccs1)C(c1ccco1)C1CCCN12. The molecule has 1 spiro atoms.